The highest BCUT2D eigenvalue weighted by molar-refractivity contribution is 8.01. The molecule has 3 rings (SSSR count). The van der Waals surface area contributed by atoms with E-state index in [0.717, 1.165) is 21.7 Å². The van der Waals surface area contributed by atoms with Crippen LogP contribution in [0.4, 0.5) is 0 Å². The molecule has 2 aromatic carbocycles. The number of carboxylic acids is 1. The topological polar surface area (TPSA) is 70.4 Å². The van der Waals surface area contributed by atoms with Gasteiger partial charge in [0.25, 0.3) is 0 Å². The molecule has 0 unspecified atom stereocenters. The van der Waals surface area contributed by atoms with Gasteiger partial charge in [0.15, 0.2) is 4.34 Å². The minimum atomic E-state index is -0.880. The smallest absolute Gasteiger partial charge is 0.313 e. The molecular weight excluding hydrogens is 366 g/mol. The summed E-state index contributed by atoms with van der Waals surface area (Å²) in [5, 5.41) is 19.0. The standard InChI is InChI=1S/C17H12ClNO3S2/c18-12-5-1-10(2-6-12)15-16(11-3-7-13(20)8-4-11)24-17(19-15)23-9-14(21)22/h1-8,20H,9H2,(H,21,22). The van der Waals surface area contributed by atoms with Crippen LogP contribution in [0.5, 0.6) is 5.75 Å². The van der Waals surface area contributed by atoms with Gasteiger partial charge in [0.2, 0.25) is 0 Å². The zero-order chi connectivity index (χ0) is 17.1. The molecule has 24 heavy (non-hydrogen) atoms. The van der Waals surface area contributed by atoms with E-state index in [1.165, 1.54) is 23.1 Å². The summed E-state index contributed by atoms with van der Waals surface area (Å²) in [6.45, 7) is 0. The number of aliphatic carboxylic acids is 1. The lowest BCUT2D eigenvalue weighted by molar-refractivity contribution is -0.133. The lowest BCUT2D eigenvalue weighted by Crippen LogP contribution is -1.96. The molecule has 0 bridgehead atoms. The largest absolute Gasteiger partial charge is 0.508 e. The lowest BCUT2D eigenvalue weighted by Gasteiger charge is -2.03. The summed E-state index contributed by atoms with van der Waals surface area (Å²) in [6.07, 6.45) is 0. The Kier molecular flexibility index (Phi) is 5.08. The van der Waals surface area contributed by atoms with Crippen molar-refractivity contribution in [2.24, 2.45) is 0 Å². The molecule has 0 spiro atoms. The Bertz CT molecular complexity index is 798. The summed E-state index contributed by atoms with van der Waals surface area (Å²) in [5.74, 6) is -0.728. The van der Waals surface area contributed by atoms with Crippen LogP contribution in [0.2, 0.25) is 5.02 Å². The number of nitrogens with zero attached hydrogens (tertiary/aromatic N) is 1. The minimum Gasteiger partial charge on any atom is -0.508 e. The maximum atomic E-state index is 10.8. The highest BCUT2D eigenvalue weighted by atomic mass is 35.5. The summed E-state index contributed by atoms with van der Waals surface area (Å²) >= 11 is 8.57. The zero-order valence-electron chi connectivity index (χ0n) is 12.3. The predicted octanol–water partition coefficient (Wildman–Crippen LogP) is 5.01. The number of carbonyl (C=O) groups is 1. The summed E-state index contributed by atoms with van der Waals surface area (Å²) in [5.41, 5.74) is 2.59. The molecule has 0 fully saturated rings. The average molecular weight is 378 g/mol. The number of carboxylic acid groups (broad SMARTS) is 1. The molecule has 0 aliphatic carbocycles. The molecule has 1 aromatic heterocycles. The molecule has 0 radical (unpaired) electrons. The van der Waals surface area contributed by atoms with Crippen molar-refractivity contribution < 1.29 is 15.0 Å². The molecule has 1 heterocycles. The zero-order valence-corrected chi connectivity index (χ0v) is 14.7. The second kappa shape index (κ2) is 7.25. The van der Waals surface area contributed by atoms with E-state index in [9.17, 15) is 9.90 Å². The number of aromatic nitrogens is 1. The lowest BCUT2D eigenvalue weighted by atomic mass is 10.1. The Morgan fingerprint density at radius 1 is 1.08 bits per heavy atom. The number of phenolic OH excluding ortho intramolecular Hbond substituents is 1. The van der Waals surface area contributed by atoms with Crippen LogP contribution < -0.4 is 0 Å². The molecule has 0 atom stereocenters. The fraction of sp³-hybridized carbons (Fsp3) is 0.0588. The first-order chi connectivity index (χ1) is 11.5. The summed E-state index contributed by atoms with van der Waals surface area (Å²) in [6, 6.07) is 14.2. The van der Waals surface area contributed by atoms with Gasteiger partial charge in [0.1, 0.15) is 5.75 Å². The predicted molar refractivity (Wildman–Crippen MR) is 98.0 cm³/mol. The van der Waals surface area contributed by atoms with E-state index in [1.807, 2.05) is 24.3 Å². The SMILES string of the molecule is O=C(O)CSc1nc(-c2ccc(Cl)cc2)c(-c2ccc(O)cc2)s1. The van der Waals surface area contributed by atoms with E-state index in [4.69, 9.17) is 16.7 Å². The Morgan fingerprint density at radius 2 is 1.71 bits per heavy atom. The molecule has 0 saturated heterocycles. The van der Waals surface area contributed by atoms with Crippen molar-refractivity contribution in [3.8, 4) is 27.4 Å². The third kappa shape index (κ3) is 3.90. The minimum absolute atomic E-state index is 0.0391. The van der Waals surface area contributed by atoms with Crippen molar-refractivity contribution in [3.63, 3.8) is 0 Å². The van der Waals surface area contributed by atoms with E-state index >= 15 is 0 Å². The molecule has 4 nitrogen and oxygen atoms in total. The van der Waals surface area contributed by atoms with Crippen molar-refractivity contribution in [2.45, 2.75) is 4.34 Å². The number of thioether (sulfide) groups is 1. The molecule has 7 heteroatoms. The Balaban J connectivity index is 2.05. The third-order valence-electron chi connectivity index (χ3n) is 3.17. The van der Waals surface area contributed by atoms with Crippen molar-refractivity contribution in [1.29, 1.82) is 0 Å². The van der Waals surface area contributed by atoms with Gasteiger partial charge in [-0.15, -0.1) is 11.3 Å². The number of thiazole rings is 1. The fourth-order valence-electron chi connectivity index (χ4n) is 2.10. The van der Waals surface area contributed by atoms with Crippen LogP contribution in [0.3, 0.4) is 0 Å². The molecule has 0 saturated carbocycles. The van der Waals surface area contributed by atoms with Crippen molar-refractivity contribution in [1.82, 2.24) is 4.98 Å². The van der Waals surface area contributed by atoms with Crippen LogP contribution in [-0.4, -0.2) is 26.9 Å². The highest BCUT2D eigenvalue weighted by Crippen LogP contribution is 2.40. The van der Waals surface area contributed by atoms with Gasteiger partial charge < -0.3 is 10.2 Å². The number of hydrogen-bond acceptors (Lipinski definition) is 5. The van der Waals surface area contributed by atoms with Gasteiger partial charge in [0, 0.05) is 10.6 Å². The van der Waals surface area contributed by atoms with E-state index in [1.54, 1.807) is 24.3 Å². The van der Waals surface area contributed by atoms with Crippen molar-refractivity contribution in [2.75, 3.05) is 5.75 Å². The van der Waals surface area contributed by atoms with Crippen LogP contribution in [-0.2, 0) is 4.79 Å². The average Bonchev–Trinajstić information content (AvgIpc) is 2.98. The van der Waals surface area contributed by atoms with Crippen LogP contribution in [0.25, 0.3) is 21.7 Å². The number of benzene rings is 2. The molecule has 2 N–H and O–H groups in total. The molecule has 3 aromatic rings. The first kappa shape index (κ1) is 16.8. The van der Waals surface area contributed by atoms with Gasteiger partial charge in [-0.2, -0.15) is 0 Å². The monoisotopic (exact) mass is 377 g/mol. The summed E-state index contributed by atoms with van der Waals surface area (Å²) < 4.78 is 0.686. The maximum Gasteiger partial charge on any atom is 0.313 e. The number of phenols is 1. The second-order valence-corrected chi connectivity index (χ2v) is 7.55. The number of aromatic hydroxyl groups is 1. The Labute approximate surface area is 151 Å². The second-order valence-electron chi connectivity index (χ2n) is 4.89. The summed E-state index contributed by atoms with van der Waals surface area (Å²) in [7, 11) is 0. The summed E-state index contributed by atoms with van der Waals surface area (Å²) in [4.78, 5) is 16.3. The van der Waals surface area contributed by atoms with Gasteiger partial charge in [0.05, 0.1) is 16.3 Å². The van der Waals surface area contributed by atoms with Crippen LogP contribution >= 0.6 is 34.7 Å². The number of rotatable bonds is 5. The Morgan fingerprint density at radius 3 is 2.33 bits per heavy atom. The first-order valence-electron chi connectivity index (χ1n) is 6.93. The third-order valence-corrected chi connectivity index (χ3v) is 5.66. The molecule has 0 aliphatic heterocycles. The normalized spacial score (nSPS) is 10.7. The quantitative estimate of drug-likeness (QED) is 0.611. The van der Waals surface area contributed by atoms with E-state index < -0.39 is 5.97 Å². The fourth-order valence-corrected chi connectivity index (χ4v) is 4.11. The van der Waals surface area contributed by atoms with Gasteiger partial charge in [-0.3, -0.25) is 4.79 Å². The van der Waals surface area contributed by atoms with E-state index in [2.05, 4.69) is 4.98 Å². The van der Waals surface area contributed by atoms with Crippen LogP contribution in [0, 0.1) is 0 Å². The van der Waals surface area contributed by atoms with Gasteiger partial charge in [-0.05, 0) is 42.0 Å². The van der Waals surface area contributed by atoms with Gasteiger partial charge >= 0.3 is 5.97 Å². The van der Waals surface area contributed by atoms with Crippen molar-refractivity contribution in [3.05, 3.63) is 53.6 Å². The van der Waals surface area contributed by atoms with E-state index in [-0.39, 0.29) is 11.5 Å². The molecule has 0 aliphatic rings. The van der Waals surface area contributed by atoms with Crippen LogP contribution in [0.1, 0.15) is 0 Å². The molecule has 0 amide bonds. The van der Waals surface area contributed by atoms with Crippen LogP contribution in [0.15, 0.2) is 52.9 Å². The number of halogens is 1. The van der Waals surface area contributed by atoms with Gasteiger partial charge in [-0.25, -0.2) is 4.98 Å². The maximum absolute atomic E-state index is 10.8. The van der Waals surface area contributed by atoms with Crippen molar-refractivity contribution >= 4 is 40.7 Å². The Hall–Kier alpha value is -2.02. The molecule has 122 valence electrons. The number of hydrogen-bond donors (Lipinski definition) is 2. The van der Waals surface area contributed by atoms with Gasteiger partial charge in [-0.1, -0.05) is 35.5 Å². The molecular formula is C17H12ClNO3S2. The first-order valence-corrected chi connectivity index (χ1v) is 9.11. The van der Waals surface area contributed by atoms with E-state index in [0.29, 0.717) is 9.36 Å². The highest BCUT2D eigenvalue weighted by Gasteiger charge is 2.16.